The van der Waals surface area contributed by atoms with Crippen LogP contribution < -0.4 is 0 Å². The van der Waals surface area contributed by atoms with Crippen LogP contribution in [0, 0.1) is 18.6 Å². The van der Waals surface area contributed by atoms with Crippen molar-refractivity contribution in [3.63, 3.8) is 0 Å². The van der Waals surface area contributed by atoms with Crippen molar-refractivity contribution in [2.45, 2.75) is 17.6 Å². The Hall–Kier alpha value is -2.92. The molecule has 0 fully saturated rings. The maximum atomic E-state index is 14.8. The molecule has 28 heavy (non-hydrogen) atoms. The zero-order valence-electron chi connectivity index (χ0n) is 15.1. The molecular formula is C23H17F2NOS. The minimum absolute atomic E-state index is 0.0603. The number of thioether (sulfide) groups is 1. The summed E-state index contributed by atoms with van der Waals surface area (Å²) in [6.07, 6.45) is 0. The van der Waals surface area contributed by atoms with Gasteiger partial charge in [0.25, 0.3) is 0 Å². The summed E-state index contributed by atoms with van der Waals surface area (Å²) in [7, 11) is 0. The summed E-state index contributed by atoms with van der Waals surface area (Å²) < 4.78 is 29.6. The highest BCUT2D eigenvalue weighted by molar-refractivity contribution is 7.98. The number of fused-ring (bicyclic) bond motifs is 1. The van der Waals surface area contributed by atoms with Gasteiger partial charge in [0.05, 0.1) is 16.8 Å². The second kappa shape index (κ2) is 7.60. The van der Waals surface area contributed by atoms with Gasteiger partial charge in [-0.1, -0.05) is 30.3 Å². The van der Waals surface area contributed by atoms with Crippen LogP contribution in [0.1, 0.15) is 11.1 Å². The van der Waals surface area contributed by atoms with Gasteiger partial charge >= 0.3 is 0 Å². The number of aromatic nitrogens is 1. The fourth-order valence-electron chi connectivity index (χ4n) is 3.14. The minimum atomic E-state index is -0.651. The lowest BCUT2D eigenvalue weighted by Crippen LogP contribution is -1.96. The van der Waals surface area contributed by atoms with Crippen LogP contribution in [0.15, 0.2) is 71.6 Å². The van der Waals surface area contributed by atoms with Gasteiger partial charge in [-0.3, -0.25) is 0 Å². The van der Waals surface area contributed by atoms with Crippen LogP contribution in [0.2, 0.25) is 0 Å². The van der Waals surface area contributed by atoms with E-state index in [1.54, 1.807) is 18.2 Å². The molecule has 0 aliphatic carbocycles. The van der Waals surface area contributed by atoms with E-state index in [0.717, 1.165) is 16.5 Å². The Morgan fingerprint density at radius 1 is 0.929 bits per heavy atom. The van der Waals surface area contributed by atoms with E-state index in [1.807, 2.05) is 37.3 Å². The minimum Gasteiger partial charge on any atom is -0.508 e. The highest BCUT2D eigenvalue weighted by atomic mass is 32.2. The molecule has 2 nitrogen and oxygen atoms in total. The van der Waals surface area contributed by atoms with E-state index in [9.17, 15) is 13.9 Å². The molecular weight excluding hydrogens is 376 g/mol. The molecule has 4 aromatic rings. The number of nitrogens with zero attached hydrogens (tertiary/aromatic N) is 1. The SMILES string of the molecule is Cc1cc(-c2c(F)cc(SCc3ccccc3)cc2F)nc2cc(O)ccc12. The van der Waals surface area contributed by atoms with Crippen LogP contribution in [-0.2, 0) is 5.75 Å². The lowest BCUT2D eigenvalue weighted by Gasteiger charge is -2.11. The van der Waals surface area contributed by atoms with E-state index in [1.165, 1.54) is 30.0 Å². The van der Waals surface area contributed by atoms with Gasteiger partial charge in [0, 0.05) is 22.1 Å². The normalized spacial score (nSPS) is 11.1. The summed E-state index contributed by atoms with van der Waals surface area (Å²) in [5, 5.41) is 10.5. The third-order valence-electron chi connectivity index (χ3n) is 4.52. The van der Waals surface area contributed by atoms with Crippen LogP contribution >= 0.6 is 11.8 Å². The van der Waals surface area contributed by atoms with Crippen LogP contribution in [0.4, 0.5) is 8.78 Å². The number of phenols is 1. The fourth-order valence-corrected chi connectivity index (χ4v) is 4.04. The van der Waals surface area contributed by atoms with Crippen LogP contribution in [0.5, 0.6) is 5.75 Å². The molecule has 1 N–H and O–H groups in total. The molecule has 1 heterocycles. The van der Waals surface area contributed by atoms with Crippen molar-refractivity contribution >= 4 is 22.7 Å². The molecule has 4 rings (SSSR count). The number of pyridine rings is 1. The summed E-state index contributed by atoms with van der Waals surface area (Å²) in [5.41, 5.74) is 2.48. The lowest BCUT2D eigenvalue weighted by molar-refractivity contribution is 0.476. The average Bonchev–Trinajstić information content (AvgIpc) is 2.66. The molecule has 140 valence electrons. The number of phenolic OH excluding ortho intramolecular Hbond substituents is 1. The molecule has 5 heteroatoms. The number of hydrogen-bond acceptors (Lipinski definition) is 3. The number of aromatic hydroxyl groups is 1. The Labute approximate surface area is 165 Å². The van der Waals surface area contributed by atoms with Gasteiger partial charge in [-0.15, -0.1) is 11.8 Å². The molecule has 0 atom stereocenters. The van der Waals surface area contributed by atoms with Crippen LogP contribution in [0.3, 0.4) is 0 Å². The van der Waals surface area contributed by atoms with Crippen molar-refractivity contribution in [1.82, 2.24) is 4.98 Å². The molecule has 0 saturated heterocycles. The quantitative estimate of drug-likeness (QED) is 0.403. The molecule has 0 aliphatic heterocycles. The first-order valence-corrected chi connectivity index (χ1v) is 9.76. The summed E-state index contributed by atoms with van der Waals surface area (Å²) >= 11 is 1.38. The van der Waals surface area contributed by atoms with Gasteiger partial charge in [0.2, 0.25) is 0 Å². The van der Waals surface area contributed by atoms with Crippen molar-refractivity contribution in [2.24, 2.45) is 0 Å². The average molecular weight is 393 g/mol. The zero-order valence-corrected chi connectivity index (χ0v) is 15.9. The van der Waals surface area contributed by atoms with Crippen LogP contribution in [0.25, 0.3) is 22.2 Å². The topological polar surface area (TPSA) is 33.1 Å². The molecule has 0 amide bonds. The van der Waals surface area contributed by atoms with Crippen molar-refractivity contribution in [3.05, 3.63) is 89.5 Å². The predicted octanol–water partition coefficient (Wildman–Crippen LogP) is 6.49. The van der Waals surface area contributed by atoms with E-state index < -0.39 is 11.6 Å². The first-order chi connectivity index (χ1) is 13.5. The third kappa shape index (κ3) is 3.71. The Morgan fingerprint density at radius 3 is 2.36 bits per heavy atom. The molecule has 0 radical (unpaired) electrons. The molecule has 0 bridgehead atoms. The summed E-state index contributed by atoms with van der Waals surface area (Å²) in [6.45, 7) is 1.85. The van der Waals surface area contributed by atoms with Crippen molar-refractivity contribution in [1.29, 1.82) is 0 Å². The Bertz CT molecular complexity index is 1140. The van der Waals surface area contributed by atoms with E-state index in [0.29, 0.717) is 16.2 Å². The number of hydrogen-bond donors (Lipinski definition) is 1. The summed E-state index contributed by atoms with van der Waals surface area (Å²) in [4.78, 5) is 4.89. The highest BCUT2D eigenvalue weighted by Crippen LogP contribution is 2.33. The van der Waals surface area contributed by atoms with E-state index in [-0.39, 0.29) is 17.0 Å². The van der Waals surface area contributed by atoms with E-state index in [4.69, 9.17) is 0 Å². The fraction of sp³-hybridized carbons (Fsp3) is 0.0870. The molecule has 1 aromatic heterocycles. The van der Waals surface area contributed by atoms with Gasteiger partial charge in [-0.25, -0.2) is 13.8 Å². The first-order valence-electron chi connectivity index (χ1n) is 8.78. The van der Waals surface area contributed by atoms with E-state index >= 15 is 0 Å². The molecule has 0 spiro atoms. The monoisotopic (exact) mass is 393 g/mol. The zero-order chi connectivity index (χ0) is 19.7. The standard InChI is InChI=1S/C23H17F2NOS/c1-14-9-22(26-21-10-16(27)7-8-18(14)21)23-19(24)11-17(12-20(23)25)28-13-15-5-3-2-4-6-15/h2-12,27H,13H2,1H3. The molecule has 0 saturated carbocycles. The van der Waals surface area contributed by atoms with E-state index in [2.05, 4.69) is 4.98 Å². The lowest BCUT2D eigenvalue weighted by atomic mass is 10.0. The van der Waals surface area contributed by atoms with Gasteiger partial charge < -0.3 is 5.11 Å². The highest BCUT2D eigenvalue weighted by Gasteiger charge is 2.16. The molecule has 3 aromatic carbocycles. The first kappa shape index (κ1) is 18.4. The third-order valence-corrected chi connectivity index (χ3v) is 5.57. The van der Waals surface area contributed by atoms with Gasteiger partial charge in [0.1, 0.15) is 17.4 Å². The Balaban J connectivity index is 1.69. The van der Waals surface area contributed by atoms with Crippen molar-refractivity contribution in [3.8, 4) is 17.0 Å². The molecule has 0 unspecified atom stereocenters. The Kier molecular flexibility index (Phi) is 5.01. The van der Waals surface area contributed by atoms with Crippen LogP contribution in [-0.4, -0.2) is 10.1 Å². The summed E-state index contributed by atoms with van der Waals surface area (Å²) in [6, 6.07) is 18.9. The molecule has 0 aliphatic rings. The maximum absolute atomic E-state index is 14.8. The number of benzene rings is 3. The number of halogens is 2. The second-order valence-electron chi connectivity index (χ2n) is 6.56. The predicted molar refractivity (Wildman–Crippen MR) is 109 cm³/mol. The van der Waals surface area contributed by atoms with Gasteiger partial charge in [0.15, 0.2) is 0 Å². The van der Waals surface area contributed by atoms with Gasteiger partial charge in [-0.2, -0.15) is 0 Å². The van der Waals surface area contributed by atoms with Crippen molar-refractivity contribution < 1.29 is 13.9 Å². The maximum Gasteiger partial charge on any atom is 0.136 e. The largest absolute Gasteiger partial charge is 0.508 e. The van der Waals surface area contributed by atoms with Crippen molar-refractivity contribution in [2.75, 3.05) is 0 Å². The van der Waals surface area contributed by atoms with Gasteiger partial charge in [-0.05, 0) is 48.4 Å². The smallest absolute Gasteiger partial charge is 0.136 e. The second-order valence-corrected chi connectivity index (χ2v) is 7.61. The summed E-state index contributed by atoms with van der Waals surface area (Å²) in [5.74, 6) is -0.611. The number of rotatable bonds is 4. The number of aryl methyl sites for hydroxylation is 1. The Morgan fingerprint density at radius 2 is 1.64 bits per heavy atom.